The number of rotatable bonds is 8. The number of methoxy groups -OCH3 is 1. The van der Waals surface area contributed by atoms with Crippen LogP contribution in [0.2, 0.25) is 0 Å². The molecule has 0 bridgehead atoms. The van der Waals surface area contributed by atoms with Crippen LogP contribution < -0.4 is 15.4 Å². The molecule has 1 atom stereocenters. The second-order valence-electron chi connectivity index (χ2n) is 7.01. The lowest BCUT2D eigenvalue weighted by atomic mass is 10.0. The molecule has 0 aliphatic rings. The molecule has 0 saturated heterocycles. The van der Waals surface area contributed by atoms with Crippen LogP contribution in [0.1, 0.15) is 11.6 Å². The van der Waals surface area contributed by atoms with Crippen molar-refractivity contribution in [2.75, 3.05) is 31.3 Å². The first-order valence-corrected chi connectivity index (χ1v) is 9.72. The monoisotopic (exact) mass is 421 g/mol. The van der Waals surface area contributed by atoms with Gasteiger partial charge < -0.3 is 15.4 Å². The second-order valence-corrected chi connectivity index (χ2v) is 7.01. The van der Waals surface area contributed by atoms with Crippen LogP contribution >= 0.6 is 0 Å². The fraction of sp³-hybridized carbons (Fsp3) is 0.167. The minimum absolute atomic E-state index is 0.0679. The highest BCUT2D eigenvalue weighted by molar-refractivity contribution is 5.97. The molecule has 0 heterocycles. The first-order valence-electron chi connectivity index (χ1n) is 9.72. The Labute approximate surface area is 180 Å². The molecule has 1 unspecified atom stereocenters. The Morgan fingerprint density at radius 3 is 2.29 bits per heavy atom. The van der Waals surface area contributed by atoms with E-state index in [0.29, 0.717) is 17.1 Å². The third-order valence-electron chi connectivity index (χ3n) is 4.64. The second kappa shape index (κ2) is 10.4. The lowest BCUT2D eigenvalue weighted by Gasteiger charge is -2.27. The Morgan fingerprint density at radius 1 is 0.935 bits per heavy atom. The molecule has 0 aliphatic carbocycles. The normalized spacial score (nSPS) is 11.6. The van der Waals surface area contributed by atoms with Crippen molar-refractivity contribution in [2.24, 2.45) is 0 Å². The molecule has 6 nitrogen and oxygen atoms in total. The SMILES string of the molecule is COc1cccc(NC(=O)C(c2ccccc2)N(C)CC(=O)Nc2cccc(F)c2)c1. The van der Waals surface area contributed by atoms with Crippen LogP contribution in [0.3, 0.4) is 0 Å². The summed E-state index contributed by atoms with van der Waals surface area (Å²) in [6, 6.07) is 21.2. The molecular formula is C24H24FN3O3. The number of carbonyl (C=O) groups excluding carboxylic acids is 2. The van der Waals surface area contributed by atoms with Crippen LogP contribution in [0.5, 0.6) is 5.75 Å². The Hall–Kier alpha value is -3.71. The number of hydrogen-bond acceptors (Lipinski definition) is 4. The Bertz CT molecular complexity index is 1040. The van der Waals surface area contributed by atoms with Gasteiger partial charge >= 0.3 is 0 Å². The van der Waals surface area contributed by atoms with E-state index in [9.17, 15) is 14.0 Å². The number of nitrogens with one attached hydrogen (secondary N) is 2. The molecule has 0 fully saturated rings. The predicted octanol–water partition coefficient (Wildman–Crippen LogP) is 4.08. The van der Waals surface area contributed by atoms with Crippen LogP contribution in [0.4, 0.5) is 15.8 Å². The maximum absolute atomic E-state index is 13.4. The number of ether oxygens (including phenoxy) is 1. The van der Waals surface area contributed by atoms with Gasteiger partial charge in [0.15, 0.2) is 0 Å². The van der Waals surface area contributed by atoms with E-state index < -0.39 is 11.9 Å². The molecular weight excluding hydrogens is 397 g/mol. The van der Waals surface area contributed by atoms with E-state index in [4.69, 9.17) is 4.74 Å². The third-order valence-corrected chi connectivity index (χ3v) is 4.64. The first kappa shape index (κ1) is 22.0. The van der Waals surface area contributed by atoms with Gasteiger partial charge in [0, 0.05) is 17.4 Å². The fourth-order valence-electron chi connectivity index (χ4n) is 3.24. The molecule has 0 aliphatic heterocycles. The zero-order chi connectivity index (χ0) is 22.2. The molecule has 0 spiro atoms. The van der Waals surface area contributed by atoms with Gasteiger partial charge in [0.2, 0.25) is 11.8 Å². The summed E-state index contributed by atoms with van der Waals surface area (Å²) < 4.78 is 18.6. The number of hydrogen-bond donors (Lipinski definition) is 2. The van der Waals surface area contributed by atoms with E-state index >= 15 is 0 Å². The summed E-state index contributed by atoms with van der Waals surface area (Å²) >= 11 is 0. The molecule has 0 radical (unpaired) electrons. The van der Waals surface area contributed by atoms with E-state index in [2.05, 4.69) is 10.6 Å². The fourth-order valence-corrected chi connectivity index (χ4v) is 3.24. The highest BCUT2D eigenvalue weighted by Crippen LogP contribution is 2.23. The number of benzene rings is 3. The van der Waals surface area contributed by atoms with Crippen molar-refractivity contribution in [1.82, 2.24) is 4.90 Å². The molecule has 2 amide bonds. The summed E-state index contributed by atoms with van der Waals surface area (Å²) in [7, 11) is 3.24. The minimum atomic E-state index is -0.717. The van der Waals surface area contributed by atoms with Crippen molar-refractivity contribution >= 4 is 23.2 Å². The Balaban J connectivity index is 1.76. The van der Waals surface area contributed by atoms with E-state index in [1.54, 1.807) is 49.4 Å². The number of carbonyl (C=O) groups is 2. The molecule has 0 aromatic heterocycles. The number of nitrogens with zero attached hydrogens (tertiary/aromatic N) is 1. The van der Waals surface area contributed by atoms with Gasteiger partial charge in [-0.1, -0.05) is 42.5 Å². The zero-order valence-corrected chi connectivity index (χ0v) is 17.3. The van der Waals surface area contributed by atoms with Gasteiger partial charge in [-0.05, 0) is 42.9 Å². The number of anilines is 2. The molecule has 7 heteroatoms. The van der Waals surface area contributed by atoms with Crippen molar-refractivity contribution in [3.05, 3.63) is 90.2 Å². The van der Waals surface area contributed by atoms with Gasteiger partial charge in [0.25, 0.3) is 0 Å². The summed E-state index contributed by atoms with van der Waals surface area (Å²) in [5, 5.41) is 5.54. The standard InChI is InChI=1S/C24H24FN3O3/c1-28(16-22(29)26-19-11-6-10-18(25)14-19)23(17-8-4-3-5-9-17)24(30)27-20-12-7-13-21(15-20)31-2/h3-15,23H,16H2,1-2H3,(H,26,29)(H,27,30). The van der Waals surface area contributed by atoms with Crippen molar-refractivity contribution in [3.63, 3.8) is 0 Å². The minimum Gasteiger partial charge on any atom is -0.497 e. The summed E-state index contributed by atoms with van der Waals surface area (Å²) in [6.07, 6.45) is 0. The van der Waals surface area contributed by atoms with Gasteiger partial charge in [-0.2, -0.15) is 0 Å². The van der Waals surface area contributed by atoms with Gasteiger partial charge in [-0.25, -0.2) is 4.39 Å². The van der Waals surface area contributed by atoms with Gasteiger partial charge in [-0.15, -0.1) is 0 Å². The smallest absolute Gasteiger partial charge is 0.246 e. The third kappa shape index (κ3) is 6.13. The summed E-state index contributed by atoms with van der Waals surface area (Å²) in [5.41, 5.74) is 1.68. The van der Waals surface area contributed by atoms with Crippen LogP contribution in [0, 0.1) is 5.82 Å². The Morgan fingerprint density at radius 2 is 1.61 bits per heavy atom. The van der Waals surface area contributed by atoms with Crippen LogP contribution in [0.15, 0.2) is 78.9 Å². The predicted molar refractivity (Wildman–Crippen MR) is 118 cm³/mol. The summed E-state index contributed by atoms with van der Waals surface area (Å²) in [4.78, 5) is 27.3. The molecule has 31 heavy (non-hydrogen) atoms. The highest BCUT2D eigenvalue weighted by Gasteiger charge is 2.27. The van der Waals surface area contributed by atoms with E-state index in [-0.39, 0.29) is 18.4 Å². The van der Waals surface area contributed by atoms with Gasteiger partial charge in [0.1, 0.15) is 17.6 Å². The van der Waals surface area contributed by atoms with Crippen molar-refractivity contribution in [3.8, 4) is 5.75 Å². The van der Waals surface area contributed by atoms with E-state index in [1.807, 2.05) is 30.3 Å². The molecule has 2 N–H and O–H groups in total. The number of amides is 2. The van der Waals surface area contributed by atoms with Crippen LogP contribution in [0.25, 0.3) is 0 Å². The van der Waals surface area contributed by atoms with Gasteiger partial charge in [-0.3, -0.25) is 14.5 Å². The van der Waals surface area contributed by atoms with Crippen molar-refractivity contribution in [1.29, 1.82) is 0 Å². The Kier molecular flexibility index (Phi) is 7.35. The largest absolute Gasteiger partial charge is 0.497 e. The highest BCUT2D eigenvalue weighted by atomic mass is 19.1. The maximum Gasteiger partial charge on any atom is 0.246 e. The van der Waals surface area contributed by atoms with Crippen molar-refractivity contribution < 1.29 is 18.7 Å². The molecule has 3 aromatic rings. The summed E-state index contributed by atoms with van der Waals surface area (Å²) in [6.45, 7) is -0.0679. The van der Waals surface area contributed by atoms with E-state index in [1.165, 1.54) is 18.2 Å². The molecule has 3 aromatic carbocycles. The topological polar surface area (TPSA) is 70.7 Å². The molecule has 3 rings (SSSR count). The average Bonchev–Trinajstić information content (AvgIpc) is 2.74. The lowest BCUT2D eigenvalue weighted by Crippen LogP contribution is -2.39. The zero-order valence-electron chi connectivity index (χ0n) is 17.3. The van der Waals surface area contributed by atoms with Crippen molar-refractivity contribution in [2.45, 2.75) is 6.04 Å². The number of likely N-dealkylation sites (N-methyl/N-ethyl adjacent to an activating group) is 1. The number of halogens is 1. The van der Waals surface area contributed by atoms with E-state index in [0.717, 1.165) is 5.56 Å². The lowest BCUT2D eigenvalue weighted by molar-refractivity contribution is -0.123. The average molecular weight is 421 g/mol. The first-order chi connectivity index (χ1) is 15.0. The maximum atomic E-state index is 13.4. The van der Waals surface area contributed by atoms with Crippen LogP contribution in [-0.2, 0) is 9.59 Å². The quantitative estimate of drug-likeness (QED) is 0.575. The summed E-state index contributed by atoms with van der Waals surface area (Å²) in [5.74, 6) is -0.466. The molecule has 160 valence electrons. The molecule has 0 saturated carbocycles. The van der Waals surface area contributed by atoms with Gasteiger partial charge in [0.05, 0.1) is 13.7 Å². The van der Waals surface area contributed by atoms with Crippen LogP contribution in [-0.4, -0.2) is 37.4 Å².